The average molecular weight is 528 g/mol. The quantitative estimate of drug-likeness (QED) is 0.317. The first-order valence-corrected chi connectivity index (χ1v) is 17.2. The smallest absolute Gasteiger partial charge is 0.275 e. The van der Waals surface area contributed by atoms with E-state index in [9.17, 15) is 4.79 Å². The fraction of sp³-hybridized carbons (Fsp3) is 0.971. The number of amides is 1. The van der Waals surface area contributed by atoms with Crippen LogP contribution >= 0.6 is 0 Å². The largest absolute Gasteiger partial charge is 0.348 e. The van der Waals surface area contributed by atoms with Gasteiger partial charge in [0.05, 0.1) is 20.1 Å². The zero-order valence-corrected chi connectivity index (χ0v) is 26.2. The first-order valence-electron chi connectivity index (χ1n) is 17.2. The molecule has 0 spiro atoms. The molecule has 3 heteroatoms. The van der Waals surface area contributed by atoms with Gasteiger partial charge in [0.15, 0.2) is 6.54 Å². The maximum absolute atomic E-state index is 13.1. The van der Waals surface area contributed by atoms with Crippen molar-refractivity contribution < 1.29 is 9.28 Å². The molecule has 1 amide bonds. The molecule has 9 atom stereocenters. The number of nitrogens with zero attached hydrogens (tertiary/aromatic N) is 1. The van der Waals surface area contributed by atoms with Gasteiger partial charge in [-0.05, 0) is 129 Å². The monoisotopic (exact) mass is 527 g/mol. The van der Waals surface area contributed by atoms with Crippen LogP contribution in [-0.4, -0.2) is 43.1 Å². The van der Waals surface area contributed by atoms with E-state index in [1.807, 2.05) is 0 Å². The Balaban J connectivity index is 1.18. The summed E-state index contributed by atoms with van der Waals surface area (Å²) in [6.07, 6.45) is 20.8. The van der Waals surface area contributed by atoms with Crippen molar-refractivity contribution in [2.24, 2.45) is 52.3 Å². The van der Waals surface area contributed by atoms with E-state index in [-0.39, 0.29) is 0 Å². The van der Waals surface area contributed by atoms with Crippen molar-refractivity contribution in [3.05, 3.63) is 0 Å². The second kappa shape index (κ2) is 11.4. The third-order valence-electron chi connectivity index (χ3n) is 13.7. The lowest BCUT2D eigenvalue weighted by Crippen LogP contribution is -2.57. The van der Waals surface area contributed by atoms with E-state index >= 15 is 0 Å². The molecule has 0 unspecified atom stereocenters. The Bertz CT molecular complexity index is 817. The molecule has 38 heavy (non-hydrogen) atoms. The predicted molar refractivity (Wildman–Crippen MR) is 160 cm³/mol. The number of quaternary nitrogens is 1. The van der Waals surface area contributed by atoms with Crippen LogP contribution in [0.2, 0.25) is 0 Å². The van der Waals surface area contributed by atoms with Gasteiger partial charge in [0, 0.05) is 6.04 Å². The van der Waals surface area contributed by atoms with Gasteiger partial charge in [-0.2, -0.15) is 0 Å². The molecule has 0 bridgehead atoms. The van der Waals surface area contributed by atoms with Crippen molar-refractivity contribution in [1.29, 1.82) is 0 Å². The molecule has 4 saturated carbocycles. The van der Waals surface area contributed by atoms with Crippen molar-refractivity contribution >= 4 is 5.91 Å². The van der Waals surface area contributed by atoms with E-state index in [2.05, 4.69) is 47.0 Å². The highest BCUT2D eigenvalue weighted by Gasteiger charge is 2.60. The molecule has 0 radical (unpaired) electrons. The lowest BCUT2D eigenvalue weighted by atomic mass is 9.44. The summed E-state index contributed by atoms with van der Waals surface area (Å²) in [6, 6.07) is 0.421. The van der Waals surface area contributed by atoms with Crippen LogP contribution in [0.1, 0.15) is 131 Å². The molecule has 3 nitrogen and oxygen atoms in total. The summed E-state index contributed by atoms with van der Waals surface area (Å²) in [5.74, 6) is 6.73. The Morgan fingerprint density at radius 2 is 1.58 bits per heavy atom. The highest BCUT2D eigenvalue weighted by molar-refractivity contribution is 5.77. The van der Waals surface area contributed by atoms with E-state index < -0.39 is 0 Å². The molecule has 5 rings (SSSR count). The number of carbonyl (C=O) groups is 1. The molecular weight excluding hydrogens is 464 g/mol. The number of carbonyl (C=O) groups excluding carboxylic acids is 1. The van der Waals surface area contributed by atoms with Crippen molar-refractivity contribution in [1.82, 2.24) is 5.32 Å². The molecule has 1 heterocycles. The van der Waals surface area contributed by atoms with Crippen LogP contribution < -0.4 is 5.32 Å². The molecule has 0 aromatic rings. The first-order chi connectivity index (χ1) is 18.0. The average Bonchev–Trinajstić information content (AvgIpc) is 3.21. The second-order valence-electron chi connectivity index (χ2n) is 16.5. The second-order valence-corrected chi connectivity index (χ2v) is 16.5. The van der Waals surface area contributed by atoms with Crippen molar-refractivity contribution in [2.45, 2.75) is 137 Å². The van der Waals surface area contributed by atoms with Crippen LogP contribution in [0.25, 0.3) is 0 Å². The number of piperidine rings is 1. The predicted octanol–water partition coefficient (Wildman–Crippen LogP) is 8.22. The first kappa shape index (κ1) is 28.9. The third-order valence-corrected chi connectivity index (χ3v) is 13.7. The molecule has 0 aromatic heterocycles. The van der Waals surface area contributed by atoms with E-state index in [4.69, 9.17) is 0 Å². The molecule has 5 aliphatic rings. The Morgan fingerprint density at radius 1 is 0.868 bits per heavy atom. The Hall–Kier alpha value is -0.570. The van der Waals surface area contributed by atoms with Gasteiger partial charge in [0.25, 0.3) is 5.91 Å². The summed E-state index contributed by atoms with van der Waals surface area (Å²) in [5, 5.41) is 3.54. The number of hydrogen-bond donors (Lipinski definition) is 1. The normalized spacial score (nSPS) is 43.1. The molecule has 0 aromatic carbocycles. The number of likely N-dealkylation sites (N-methyl/N-ethyl adjacent to an activating group) is 1. The van der Waals surface area contributed by atoms with Gasteiger partial charge in [-0.25, -0.2) is 0 Å². The topological polar surface area (TPSA) is 29.1 Å². The molecule has 1 N–H and O–H groups in total. The summed E-state index contributed by atoms with van der Waals surface area (Å²) in [5.41, 5.74) is 1.11. The highest BCUT2D eigenvalue weighted by Crippen LogP contribution is 2.68. The SMILES string of the molecule is CC(C)CCC[C@@H](C)[C@H]1CC[C@H]2[C@@H]3CC[C@H]4C[C@H](NC(=O)C[N+]5(C)CCCCC5)CC[C@]4(C)[C@H]3CC[C@]12C. The number of nitrogens with one attached hydrogen (secondary N) is 1. The molecule has 5 fully saturated rings. The maximum atomic E-state index is 13.1. The Morgan fingerprint density at radius 3 is 2.32 bits per heavy atom. The summed E-state index contributed by atoms with van der Waals surface area (Å²) in [4.78, 5) is 13.1. The molecule has 4 aliphatic carbocycles. The van der Waals surface area contributed by atoms with E-state index in [0.717, 1.165) is 45.9 Å². The fourth-order valence-corrected chi connectivity index (χ4v) is 11.5. The number of hydrogen-bond acceptors (Lipinski definition) is 1. The summed E-state index contributed by atoms with van der Waals surface area (Å²) >= 11 is 0. The minimum atomic E-state index is 0.324. The van der Waals surface area contributed by atoms with Gasteiger partial charge in [-0.3, -0.25) is 4.79 Å². The van der Waals surface area contributed by atoms with Gasteiger partial charge in [0.1, 0.15) is 0 Å². The third kappa shape index (κ3) is 5.62. The standard InChI is InChI=1S/C35H62N2O/c1-25(2)11-10-12-26(3)30-15-16-31-29-14-13-27-23-28(36-33(38)24-37(6)21-8-7-9-22-37)17-19-34(27,4)32(29)18-20-35(30,31)5/h25-32H,7-24H2,1-6H3/p+1/t26-,27+,28-,29+,30-,31+,32+,34+,35-/m1/s1. The van der Waals surface area contributed by atoms with Crippen molar-refractivity contribution in [2.75, 3.05) is 26.7 Å². The minimum Gasteiger partial charge on any atom is -0.348 e. The zero-order chi connectivity index (χ0) is 27.1. The zero-order valence-electron chi connectivity index (χ0n) is 26.2. The lowest BCUT2D eigenvalue weighted by Gasteiger charge is -2.61. The highest BCUT2D eigenvalue weighted by atomic mass is 16.2. The van der Waals surface area contributed by atoms with E-state index in [1.165, 1.54) is 109 Å². The minimum absolute atomic E-state index is 0.324. The Labute approximate surface area is 236 Å². The number of rotatable bonds is 8. The van der Waals surface area contributed by atoms with Crippen molar-refractivity contribution in [3.63, 3.8) is 0 Å². The van der Waals surface area contributed by atoms with E-state index in [0.29, 0.717) is 29.3 Å². The molecule has 218 valence electrons. The van der Waals surface area contributed by atoms with Gasteiger partial charge in [-0.1, -0.05) is 53.9 Å². The van der Waals surface area contributed by atoms with Crippen LogP contribution in [0.15, 0.2) is 0 Å². The van der Waals surface area contributed by atoms with Crippen molar-refractivity contribution in [3.8, 4) is 0 Å². The van der Waals surface area contributed by atoms with Gasteiger partial charge in [0.2, 0.25) is 0 Å². The molecule has 1 aliphatic heterocycles. The van der Waals surface area contributed by atoms with Gasteiger partial charge in [-0.15, -0.1) is 0 Å². The van der Waals surface area contributed by atoms with Crippen LogP contribution in [-0.2, 0) is 4.79 Å². The van der Waals surface area contributed by atoms with E-state index in [1.54, 1.807) is 0 Å². The summed E-state index contributed by atoms with van der Waals surface area (Å²) < 4.78 is 0.959. The fourth-order valence-electron chi connectivity index (χ4n) is 11.5. The maximum Gasteiger partial charge on any atom is 0.275 e. The molecular formula is C35H63N2O+. The van der Waals surface area contributed by atoms with Crippen LogP contribution in [0.3, 0.4) is 0 Å². The van der Waals surface area contributed by atoms with Gasteiger partial charge >= 0.3 is 0 Å². The number of fused-ring (bicyclic) bond motifs is 5. The molecule has 1 saturated heterocycles. The van der Waals surface area contributed by atoms with Gasteiger partial charge < -0.3 is 9.80 Å². The van der Waals surface area contributed by atoms with Crippen LogP contribution in [0, 0.1) is 52.3 Å². The summed E-state index contributed by atoms with van der Waals surface area (Å²) in [7, 11) is 2.30. The lowest BCUT2D eigenvalue weighted by molar-refractivity contribution is -0.906. The summed E-state index contributed by atoms with van der Waals surface area (Å²) in [6.45, 7) is 15.8. The number of likely N-dealkylation sites (tertiary alicyclic amines) is 1. The van der Waals surface area contributed by atoms with Crippen LogP contribution in [0.4, 0.5) is 0 Å². The Kier molecular flexibility index (Phi) is 8.66. The van der Waals surface area contributed by atoms with Crippen LogP contribution in [0.5, 0.6) is 0 Å².